The summed E-state index contributed by atoms with van der Waals surface area (Å²) in [5.41, 5.74) is 2.99. The molecule has 0 rings (SSSR count). The van der Waals surface area contributed by atoms with Gasteiger partial charge in [0.05, 0.1) is 0 Å². The van der Waals surface area contributed by atoms with Crippen molar-refractivity contribution in [2.24, 2.45) is 5.92 Å². The zero-order chi connectivity index (χ0) is 14.5. The van der Waals surface area contributed by atoms with Crippen LogP contribution in [0.2, 0.25) is 0 Å². The molecule has 0 saturated heterocycles. The molecule has 0 amide bonds. The van der Waals surface area contributed by atoms with Crippen LogP contribution in [0.25, 0.3) is 0 Å². The molecule has 0 fully saturated rings. The molecule has 0 spiro atoms. The molecule has 0 heteroatoms. The van der Waals surface area contributed by atoms with Crippen LogP contribution in [0.4, 0.5) is 0 Å². The van der Waals surface area contributed by atoms with Crippen molar-refractivity contribution in [3.63, 3.8) is 0 Å². The van der Waals surface area contributed by atoms with Crippen LogP contribution < -0.4 is 0 Å². The van der Waals surface area contributed by atoms with E-state index in [0.29, 0.717) is 0 Å². The second-order valence-corrected chi connectivity index (χ2v) is 6.22. The van der Waals surface area contributed by atoms with Crippen molar-refractivity contribution in [1.82, 2.24) is 0 Å². The molecule has 0 aromatic carbocycles. The minimum absolute atomic E-state index is 0.830. The highest BCUT2D eigenvalue weighted by molar-refractivity contribution is 5.02. The van der Waals surface area contributed by atoms with Gasteiger partial charge in [-0.3, -0.25) is 0 Å². The lowest BCUT2D eigenvalue weighted by Gasteiger charge is -2.09. The summed E-state index contributed by atoms with van der Waals surface area (Å²) in [6, 6.07) is 0. The highest BCUT2D eigenvalue weighted by Gasteiger charge is 2.00. The maximum Gasteiger partial charge on any atom is -0.0288 e. The lowest BCUT2D eigenvalue weighted by atomic mass is 9.97. The molecule has 0 N–H and O–H groups in total. The predicted molar refractivity (Wildman–Crippen MR) is 89.3 cm³/mol. The van der Waals surface area contributed by atoms with E-state index < -0.39 is 0 Å². The van der Waals surface area contributed by atoms with Gasteiger partial charge in [0, 0.05) is 0 Å². The molecular weight excluding hydrogens is 228 g/mol. The summed E-state index contributed by atoms with van der Waals surface area (Å²) in [6.45, 7) is 11.3. The van der Waals surface area contributed by atoms with Crippen LogP contribution >= 0.6 is 0 Å². The molecule has 1 radical (unpaired) electrons. The molecule has 19 heavy (non-hydrogen) atoms. The van der Waals surface area contributed by atoms with Crippen molar-refractivity contribution in [2.75, 3.05) is 0 Å². The smallest absolute Gasteiger partial charge is 0.0288 e. The summed E-state index contributed by atoms with van der Waals surface area (Å²) in [5.74, 6) is 0.830. The van der Waals surface area contributed by atoms with E-state index in [1.165, 1.54) is 56.9 Å². The van der Waals surface area contributed by atoms with Gasteiger partial charge >= 0.3 is 0 Å². The minimum Gasteiger partial charge on any atom is -0.0856 e. The topological polar surface area (TPSA) is 0 Å². The average Bonchev–Trinajstić information content (AvgIpc) is 2.35. The number of allylic oxidation sites excluding steroid dienone is 4. The van der Waals surface area contributed by atoms with E-state index in [4.69, 9.17) is 0 Å². The van der Waals surface area contributed by atoms with Gasteiger partial charge in [-0.25, -0.2) is 0 Å². The molecule has 0 aromatic rings. The van der Waals surface area contributed by atoms with Crippen LogP contribution in [0, 0.1) is 12.3 Å². The van der Waals surface area contributed by atoms with E-state index in [-0.39, 0.29) is 0 Å². The first-order valence-corrected chi connectivity index (χ1v) is 8.16. The van der Waals surface area contributed by atoms with Crippen molar-refractivity contribution < 1.29 is 0 Å². The van der Waals surface area contributed by atoms with E-state index in [1.54, 1.807) is 5.57 Å². The Morgan fingerprint density at radius 1 is 1.00 bits per heavy atom. The van der Waals surface area contributed by atoms with Gasteiger partial charge < -0.3 is 0 Å². The summed E-state index contributed by atoms with van der Waals surface area (Å²) in [7, 11) is 0. The third-order valence-corrected chi connectivity index (χ3v) is 3.59. The predicted octanol–water partition coefficient (Wildman–Crippen LogP) is 6.88. The van der Waals surface area contributed by atoms with Gasteiger partial charge in [0.2, 0.25) is 0 Å². The molecule has 0 aliphatic rings. The summed E-state index contributed by atoms with van der Waals surface area (Å²) in [6.07, 6.45) is 17.6. The number of hydrogen-bond donors (Lipinski definition) is 0. The first-order chi connectivity index (χ1) is 9.06. The van der Waals surface area contributed by atoms with Gasteiger partial charge in [-0.15, -0.1) is 0 Å². The van der Waals surface area contributed by atoms with Gasteiger partial charge in [0.15, 0.2) is 0 Å². The lowest BCUT2D eigenvalue weighted by molar-refractivity contribution is 0.527. The molecule has 0 heterocycles. The summed E-state index contributed by atoms with van der Waals surface area (Å²) in [5, 5.41) is 0. The van der Waals surface area contributed by atoms with E-state index >= 15 is 0 Å². The summed E-state index contributed by atoms with van der Waals surface area (Å²) >= 11 is 0. The fourth-order valence-corrected chi connectivity index (χ4v) is 2.11. The number of rotatable bonds is 11. The average molecular weight is 263 g/mol. The van der Waals surface area contributed by atoms with Crippen LogP contribution in [0.5, 0.6) is 0 Å². The highest BCUT2D eigenvalue weighted by atomic mass is 14.1. The molecular formula is C19H35. The molecule has 0 bridgehead atoms. The second-order valence-electron chi connectivity index (χ2n) is 6.22. The summed E-state index contributed by atoms with van der Waals surface area (Å²) in [4.78, 5) is 0. The molecule has 1 unspecified atom stereocenters. The Morgan fingerprint density at radius 2 is 1.74 bits per heavy atom. The Labute approximate surface area is 122 Å². The van der Waals surface area contributed by atoms with Gasteiger partial charge in [-0.2, -0.15) is 0 Å². The normalized spacial score (nSPS) is 13.4. The molecule has 0 saturated carbocycles. The summed E-state index contributed by atoms with van der Waals surface area (Å²) < 4.78 is 0. The maximum absolute atomic E-state index is 2.48. The Hall–Kier alpha value is -0.520. The fourth-order valence-electron chi connectivity index (χ4n) is 2.11. The third kappa shape index (κ3) is 13.7. The molecule has 1 atom stereocenters. The van der Waals surface area contributed by atoms with Gasteiger partial charge in [0.1, 0.15) is 0 Å². The highest BCUT2D eigenvalue weighted by Crippen LogP contribution is 2.16. The van der Waals surface area contributed by atoms with Crippen LogP contribution in [-0.2, 0) is 0 Å². The van der Waals surface area contributed by atoms with Crippen LogP contribution in [0.15, 0.2) is 23.3 Å². The number of unbranched alkanes of at least 4 members (excludes halogenated alkanes) is 4. The number of hydrogen-bond acceptors (Lipinski definition) is 0. The van der Waals surface area contributed by atoms with Crippen molar-refractivity contribution in [3.05, 3.63) is 29.7 Å². The standard InChI is InChI=1S/C19H35/c1-6-7-8-9-10-13-18(4)15-16-19(5)14-11-12-17(2)3/h9,12,16,18H,6-8,10-11,13-15H2,1-5H3/b19-16+. The first-order valence-electron chi connectivity index (χ1n) is 8.16. The second kappa shape index (κ2) is 12.5. The Morgan fingerprint density at radius 3 is 2.37 bits per heavy atom. The minimum atomic E-state index is 0.830. The van der Waals surface area contributed by atoms with Crippen LogP contribution in [0.3, 0.4) is 0 Å². The van der Waals surface area contributed by atoms with E-state index in [0.717, 1.165) is 5.92 Å². The zero-order valence-corrected chi connectivity index (χ0v) is 14.0. The van der Waals surface area contributed by atoms with Crippen molar-refractivity contribution >= 4 is 0 Å². The molecule has 0 nitrogen and oxygen atoms in total. The van der Waals surface area contributed by atoms with E-state index in [9.17, 15) is 0 Å². The van der Waals surface area contributed by atoms with Crippen LogP contribution in [0.1, 0.15) is 86.0 Å². The van der Waals surface area contributed by atoms with E-state index in [1.807, 2.05) is 0 Å². The fraction of sp³-hybridized carbons (Fsp3) is 0.737. The Bertz CT molecular complexity index is 253. The van der Waals surface area contributed by atoms with Crippen LogP contribution in [-0.4, -0.2) is 0 Å². The molecule has 0 aliphatic carbocycles. The monoisotopic (exact) mass is 263 g/mol. The largest absolute Gasteiger partial charge is 0.0856 e. The van der Waals surface area contributed by atoms with Crippen molar-refractivity contribution in [1.29, 1.82) is 0 Å². The van der Waals surface area contributed by atoms with Gasteiger partial charge in [-0.1, -0.05) is 62.8 Å². The van der Waals surface area contributed by atoms with Crippen molar-refractivity contribution in [3.8, 4) is 0 Å². The maximum atomic E-state index is 2.48. The molecule has 0 aliphatic heterocycles. The van der Waals surface area contributed by atoms with Gasteiger partial charge in [0.25, 0.3) is 0 Å². The zero-order valence-electron chi connectivity index (χ0n) is 14.0. The van der Waals surface area contributed by atoms with E-state index in [2.05, 4.69) is 53.2 Å². The lowest BCUT2D eigenvalue weighted by Crippen LogP contribution is -1.94. The Kier molecular flexibility index (Phi) is 12.2. The quantitative estimate of drug-likeness (QED) is 0.281. The molecule has 0 aromatic heterocycles. The Balaban J connectivity index is 3.63. The first kappa shape index (κ1) is 18.5. The third-order valence-electron chi connectivity index (χ3n) is 3.59. The van der Waals surface area contributed by atoms with Gasteiger partial charge in [-0.05, 0) is 58.8 Å². The molecule has 111 valence electrons. The van der Waals surface area contributed by atoms with Crippen molar-refractivity contribution in [2.45, 2.75) is 86.0 Å². The SMILES string of the molecule is CCCC[CH]CCC(C)C/C=C(\C)CCC=C(C)C.